The Morgan fingerprint density at radius 2 is 1.86 bits per heavy atom. The van der Waals surface area contributed by atoms with Gasteiger partial charge in [0.25, 0.3) is 5.91 Å². The predicted molar refractivity (Wildman–Crippen MR) is 151 cm³/mol. The lowest BCUT2D eigenvalue weighted by Gasteiger charge is -2.33. The highest BCUT2D eigenvalue weighted by Crippen LogP contribution is 2.45. The van der Waals surface area contributed by atoms with Crippen molar-refractivity contribution in [1.29, 1.82) is 0 Å². The standard InChI is InChI=1S/C28H28Cl2N2O4S/c1-28(2,3)17-9-10-19-22(13-17)37-27(24(19)26(35)32-18-7-5-4-6-8-18)31-14-16-11-20(29)25(21(30)12-16)36-15-23(33)34/h4-8,11-12,14,17H,9-10,13,15H2,1-3H3,(H,32,35)(H,33,34)/t17-/m1/s1. The summed E-state index contributed by atoms with van der Waals surface area (Å²) in [6, 6.07) is 12.6. The van der Waals surface area contributed by atoms with Crippen LogP contribution in [-0.4, -0.2) is 29.8 Å². The van der Waals surface area contributed by atoms with Crippen LogP contribution in [0.15, 0.2) is 47.5 Å². The van der Waals surface area contributed by atoms with Crippen LogP contribution in [0, 0.1) is 11.3 Å². The fourth-order valence-corrected chi connectivity index (χ4v) is 6.29. The van der Waals surface area contributed by atoms with Crippen LogP contribution in [0.4, 0.5) is 10.7 Å². The Hall–Kier alpha value is -2.87. The Morgan fingerprint density at radius 3 is 2.49 bits per heavy atom. The SMILES string of the molecule is CC(C)(C)[C@@H]1CCc2c(sc(N=Cc3cc(Cl)c(OCC(=O)O)c(Cl)c3)c2C(=O)Nc2ccccc2)C1. The van der Waals surface area contributed by atoms with Gasteiger partial charge in [-0.25, -0.2) is 9.79 Å². The number of aliphatic imine (C=N–C) groups is 1. The molecule has 2 N–H and O–H groups in total. The zero-order valence-corrected chi connectivity index (χ0v) is 23.1. The Bertz CT molecular complexity index is 1320. The van der Waals surface area contributed by atoms with Gasteiger partial charge in [-0.05, 0) is 66.0 Å². The van der Waals surface area contributed by atoms with E-state index in [4.69, 9.17) is 38.0 Å². The molecule has 1 atom stereocenters. The van der Waals surface area contributed by atoms with E-state index in [9.17, 15) is 9.59 Å². The van der Waals surface area contributed by atoms with E-state index in [0.717, 1.165) is 30.5 Å². The predicted octanol–water partition coefficient (Wildman–Crippen LogP) is 7.67. The first-order chi connectivity index (χ1) is 17.5. The number of thiophene rings is 1. The monoisotopic (exact) mass is 558 g/mol. The molecule has 0 bridgehead atoms. The van der Waals surface area contributed by atoms with Crippen LogP contribution in [0.25, 0.3) is 0 Å². The Morgan fingerprint density at radius 1 is 1.19 bits per heavy atom. The molecule has 194 valence electrons. The van der Waals surface area contributed by atoms with Crippen LogP contribution in [0.3, 0.4) is 0 Å². The van der Waals surface area contributed by atoms with E-state index >= 15 is 0 Å². The van der Waals surface area contributed by atoms with Crippen molar-refractivity contribution in [2.45, 2.75) is 40.0 Å². The molecule has 6 nitrogen and oxygen atoms in total. The van der Waals surface area contributed by atoms with E-state index in [1.807, 2.05) is 30.3 Å². The number of hydrogen-bond acceptors (Lipinski definition) is 5. The van der Waals surface area contributed by atoms with Gasteiger partial charge in [-0.1, -0.05) is 62.2 Å². The first-order valence-electron chi connectivity index (χ1n) is 11.9. The minimum Gasteiger partial charge on any atom is -0.479 e. The van der Waals surface area contributed by atoms with Gasteiger partial charge in [0.15, 0.2) is 12.4 Å². The number of nitrogens with zero attached hydrogens (tertiary/aromatic N) is 1. The zero-order valence-electron chi connectivity index (χ0n) is 20.8. The molecule has 1 aliphatic carbocycles. The second-order valence-corrected chi connectivity index (χ2v) is 12.0. The average Bonchev–Trinajstić information content (AvgIpc) is 3.20. The van der Waals surface area contributed by atoms with Crippen LogP contribution in [0.2, 0.25) is 10.0 Å². The summed E-state index contributed by atoms with van der Waals surface area (Å²) in [5.74, 6) is -0.685. The van der Waals surface area contributed by atoms with Gasteiger partial charge in [-0.2, -0.15) is 0 Å². The summed E-state index contributed by atoms with van der Waals surface area (Å²) >= 11 is 14.1. The molecule has 0 spiro atoms. The van der Waals surface area contributed by atoms with E-state index < -0.39 is 12.6 Å². The summed E-state index contributed by atoms with van der Waals surface area (Å²) in [5.41, 5.74) is 3.17. The van der Waals surface area contributed by atoms with E-state index in [1.165, 1.54) is 4.88 Å². The number of fused-ring (bicyclic) bond motifs is 1. The van der Waals surface area contributed by atoms with Crippen molar-refractivity contribution in [3.63, 3.8) is 0 Å². The lowest BCUT2D eigenvalue weighted by Crippen LogP contribution is -2.27. The smallest absolute Gasteiger partial charge is 0.341 e. The molecule has 0 saturated heterocycles. The van der Waals surface area contributed by atoms with Gasteiger partial charge in [0, 0.05) is 16.8 Å². The quantitative estimate of drug-likeness (QED) is 0.291. The largest absolute Gasteiger partial charge is 0.479 e. The third-order valence-electron chi connectivity index (χ3n) is 6.42. The van der Waals surface area contributed by atoms with Gasteiger partial charge in [0.2, 0.25) is 0 Å². The highest BCUT2D eigenvalue weighted by molar-refractivity contribution is 7.16. The van der Waals surface area contributed by atoms with E-state index in [0.29, 0.717) is 22.0 Å². The highest BCUT2D eigenvalue weighted by Gasteiger charge is 2.33. The summed E-state index contributed by atoms with van der Waals surface area (Å²) in [4.78, 5) is 30.2. The molecule has 1 aliphatic rings. The number of aliphatic carboxylic acids is 1. The number of para-hydroxylation sites is 1. The molecule has 37 heavy (non-hydrogen) atoms. The van der Waals surface area contributed by atoms with E-state index in [-0.39, 0.29) is 27.1 Å². The molecule has 1 heterocycles. The number of anilines is 1. The number of carbonyl (C=O) groups excluding carboxylic acids is 1. The second-order valence-electron chi connectivity index (χ2n) is 10.1. The van der Waals surface area contributed by atoms with Crippen molar-refractivity contribution in [3.05, 3.63) is 74.1 Å². The zero-order chi connectivity index (χ0) is 26.7. The minimum atomic E-state index is -1.13. The normalized spacial score (nSPS) is 15.4. The first kappa shape index (κ1) is 27.2. The summed E-state index contributed by atoms with van der Waals surface area (Å²) in [7, 11) is 0. The number of hydrogen-bond donors (Lipinski definition) is 2. The molecule has 3 aromatic rings. The van der Waals surface area contributed by atoms with E-state index in [1.54, 1.807) is 29.7 Å². The minimum absolute atomic E-state index is 0.102. The van der Waals surface area contributed by atoms with Gasteiger partial charge in [-0.15, -0.1) is 11.3 Å². The third-order valence-corrected chi connectivity index (χ3v) is 8.15. The van der Waals surface area contributed by atoms with Crippen LogP contribution in [-0.2, 0) is 17.6 Å². The number of halogens is 2. The van der Waals surface area contributed by atoms with Gasteiger partial charge in [0.1, 0.15) is 5.00 Å². The molecule has 1 amide bonds. The van der Waals surface area contributed by atoms with Crippen molar-refractivity contribution in [2.75, 3.05) is 11.9 Å². The number of benzene rings is 2. The number of carboxylic acids is 1. The number of ether oxygens (including phenoxy) is 1. The molecule has 0 unspecified atom stereocenters. The maximum Gasteiger partial charge on any atom is 0.341 e. The number of carbonyl (C=O) groups is 2. The lowest BCUT2D eigenvalue weighted by atomic mass is 9.72. The molecule has 9 heteroatoms. The van der Waals surface area contributed by atoms with Crippen LogP contribution < -0.4 is 10.1 Å². The van der Waals surface area contributed by atoms with Crippen molar-refractivity contribution >= 4 is 63.3 Å². The van der Waals surface area contributed by atoms with E-state index in [2.05, 4.69) is 26.1 Å². The lowest BCUT2D eigenvalue weighted by molar-refractivity contribution is -0.139. The summed E-state index contributed by atoms with van der Waals surface area (Å²) in [6.45, 7) is 6.23. The highest BCUT2D eigenvalue weighted by atomic mass is 35.5. The molecule has 1 aromatic heterocycles. The fourth-order valence-electron chi connectivity index (χ4n) is 4.41. The van der Waals surface area contributed by atoms with Gasteiger partial charge in [0.05, 0.1) is 15.6 Å². The topological polar surface area (TPSA) is 88.0 Å². The molecule has 4 rings (SSSR count). The van der Waals surface area contributed by atoms with Crippen molar-refractivity contribution in [2.24, 2.45) is 16.3 Å². The first-order valence-corrected chi connectivity index (χ1v) is 13.5. The molecule has 0 saturated carbocycles. The second kappa shape index (κ2) is 11.3. The van der Waals surface area contributed by atoms with Crippen LogP contribution in [0.1, 0.15) is 53.6 Å². The summed E-state index contributed by atoms with van der Waals surface area (Å²) in [6.07, 6.45) is 4.37. The number of nitrogens with one attached hydrogen (secondary N) is 1. The number of carboxylic acid groups (broad SMARTS) is 1. The Labute approximate surface area is 230 Å². The summed E-state index contributed by atoms with van der Waals surface area (Å²) < 4.78 is 5.19. The van der Waals surface area contributed by atoms with Crippen molar-refractivity contribution < 1.29 is 19.4 Å². The molecule has 0 radical (unpaired) electrons. The van der Waals surface area contributed by atoms with Gasteiger partial charge in [-0.3, -0.25) is 4.79 Å². The average molecular weight is 560 g/mol. The van der Waals surface area contributed by atoms with Crippen molar-refractivity contribution in [3.8, 4) is 5.75 Å². The summed E-state index contributed by atoms with van der Waals surface area (Å²) in [5, 5.41) is 12.8. The molecular formula is C28H28Cl2N2O4S. The maximum atomic E-state index is 13.5. The maximum absolute atomic E-state index is 13.5. The molecular weight excluding hydrogens is 531 g/mol. The van der Waals surface area contributed by atoms with Crippen LogP contribution >= 0.6 is 34.5 Å². The molecule has 2 aromatic carbocycles. The Kier molecular flexibility index (Phi) is 8.26. The molecule has 0 aliphatic heterocycles. The fraction of sp³-hybridized carbons (Fsp3) is 0.321. The number of amides is 1. The molecule has 0 fully saturated rings. The number of rotatable bonds is 7. The van der Waals surface area contributed by atoms with Gasteiger partial charge < -0.3 is 15.2 Å². The van der Waals surface area contributed by atoms with Crippen LogP contribution in [0.5, 0.6) is 5.75 Å². The van der Waals surface area contributed by atoms with Gasteiger partial charge >= 0.3 is 5.97 Å². The third kappa shape index (κ3) is 6.53. The van der Waals surface area contributed by atoms with Crippen molar-refractivity contribution in [1.82, 2.24) is 0 Å². The Balaban J connectivity index is 1.67.